The Morgan fingerprint density at radius 2 is 1.80 bits per heavy atom. The van der Waals surface area contributed by atoms with Gasteiger partial charge in [0.15, 0.2) is 5.69 Å². The Bertz CT molecular complexity index is 1140. The molecule has 0 radical (unpaired) electrons. The first-order valence-corrected chi connectivity index (χ1v) is 10.3. The van der Waals surface area contributed by atoms with E-state index >= 15 is 0 Å². The third-order valence-electron chi connectivity index (χ3n) is 5.55. The quantitative estimate of drug-likeness (QED) is 0.541. The number of benzene rings is 2. The summed E-state index contributed by atoms with van der Waals surface area (Å²) in [5, 5.41) is 12.0. The zero-order valence-corrected chi connectivity index (χ0v) is 16.7. The van der Waals surface area contributed by atoms with Crippen molar-refractivity contribution in [2.24, 2.45) is 0 Å². The second kappa shape index (κ2) is 7.99. The van der Waals surface area contributed by atoms with Crippen LogP contribution in [0.25, 0.3) is 11.4 Å². The van der Waals surface area contributed by atoms with Gasteiger partial charge in [0.25, 0.3) is 5.91 Å². The van der Waals surface area contributed by atoms with E-state index in [1.807, 2.05) is 64.1 Å². The van der Waals surface area contributed by atoms with Gasteiger partial charge in [-0.05, 0) is 61.6 Å². The van der Waals surface area contributed by atoms with Gasteiger partial charge < -0.3 is 5.32 Å². The molecule has 0 unspecified atom stereocenters. The Balaban J connectivity index is 1.25. The maximum Gasteiger partial charge on any atom is 0.272 e. The predicted molar refractivity (Wildman–Crippen MR) is 115 cm³/mol. The number of para-hydroxylation sites is 1. The first-order chi connectivity index (χ1) is 14.8. The second-order valence-electron chi connectivity index (χ2n) is 7.50. The summed E-state index contributed by atoms with van der Waals surface area (Å²) in [6, 6.07) is 20.2. The van der Waals surface area contributed by atoms with Crippen LogP contribution in [0.5, 0.6) is 0 Å². The van der Waals surface area contributed by atoms with Crippen LogP contribution < -0.4 is 5.32 Å². The summed E-state index contributed by atoms with van der Waals surface area (Å²) in [7, 11) is 0. The summed E-state index contributed by atoms with van der Waals surface area (Å²) >= 11 is 0. The summed E-state index contributed by atoms with van der Waals surface area (Å²) in [4.78, 5) is 12.9. The molecule has 30 heavy (non-hydrogen) atoms. The molecule has 1 amide bonds. The molecule has 4 aromatic rings. The monoisotopic (exact) mass is 397 g/mol. The van der Waals surface area contributed by atoms with Gasteiger partial charge in [0.05, 0.1) is 11.4 Å². The van der Waals surface area contributed by atoms with E-state index in [-0.39, 0.29) is 5.91 Å². The van der Waals surface area contributed by atoms with E-state index in [0.717, 1.165) is 42.6 Å². The fraction of sp³-hybridized carbons (Fsp3) is 0.208. The molecule has 1 aliphatic rings. The van der Waals surface area contributed by atoms with Crippen LogP contribution in [0.1, 0.15) is 33.7 Å². The van der Waals surface area contributed by atoms with E-state index in [1.54, 1.807) is 6.20 Å². The topological polar surface area (TPSA) is 64.7 Å². The average molecular weight is 397 g/mol. The summed E-state index contributed by atoms with van der Waals surface area (Å²) in [6.45, 7) is 0.576. The van der Waals surface area contributed by atoms with Crippen molar-refractivity contribution in [2.75, 3.05) is 6.54 Å². The number of aromatic nitrogens is 4. The Morgan fingerprint density at radius 3 is 2.57 bits per heavy atom. The molecule has 150 valence electrons. The highest BCUT2D eigenvalue weighted by Crippen LogP contribution is 2.27. The molecule has 0 bridgehead atoms. The summed E-state index contributed by atoms with van der Waals surface area (Å²) in [5.41, 5.74) is 6.04. The molecular formula is C24H23N5O. The maximum atomic E-state index is 12.9. The highest BCUT2D eigenvalue weighted by Gasteiger charge is 2.26. The van der Waals surface area contributed by atoms with Gasteiger partial charge in [-0.3, -0.25) is 4.79 Å². The fourth-order valence-electron chi connectivity index (χ4n) is 4.04. The number of rotatable bonds is 6. The van der Waals surface area contributed by atoms with E-state index < -0.39 is 0 Å². The van der Waals surface area contributed by atoms with E-state index in [2.05, 4.69) is 27.6 Å². The SMILES string of the molecule is O=C(NCCc1ccc(-n2cccn2)cc1)c1nn(-c2ccccc2)c2c1CCC2. The standard InChI is InChI=1S/C24H23N5O/c30-24(25-16-14-18-10-12-19(13-11-18)28-17-5-15-26-28)23-21-8-4-9-22(21)29(27-23)20-6-2-1-3-7-20/h1-3,5-7,10-13,15,17H,4,8-9,14,16H2,(H,25,30). The van der Waals surface area contributed by atoms with Crippen LogP contribution in [0.4, 0.5) is 0 Å². The van der Waals surface area contributed by atoms with E-state index in [4.69, 9.17) is 0 Å². The van der Waals surface area contributed by atoms with E-state index in [0.29, 0.717) is 12.2 Å². The lowest BCUT2D eigenvalue weighted by atomic mass is 10.1. The van der Waals surface area contributed by atoms with Crippen molar-refractivity contribution in [3.63, 3.8) is 0 Å². The molecule has 0 saturated carbocycles. The minimum Gasteiger partial charge on any atom is -0.350 e. The second-order valence-corrected chi connectivity index (χ2v) is 7.50. The zero-order valence-electron chi connectivity index (χ0n) is 16.7. The number of nitrogens with one attached hydrogen (secondary N) is 1. The lowest BCUT2D eigenvalue weighted by molar-refractivity contribution is 0.0948. The van der Waals surface area contributed by atoms with Crippen LogP contribution in [0, 0.1) is 0 Å². The smallest absolute Gasteiger partial charge is 0.272 e. The molecule has 0 aliphatic heterocycles. The lowest BCUT2D eigenvalue weighted by Crippen LogP contribution is -2.27. The van der Waals surface area contributed by atoms with Gasteiger partial charge >= 0.3 is 0 Å². The summed E-state index contributed by atoms with van der Waals surface area (Å²) in [6.07, 6.45) is 7.41. The average Bonchev–Trinajstić information content (AvgIpc) is 3.53. The molecular weight excluding hydrogens is 374 g/mol. The Labute approximate surface area is 175 Å². The molecule has 0 atom stereocenters. The Morgan fingerprint density at radius 1 is 0.967 bits per heavy atom. The molecule has 0 spiro atoms. The number of hydrogen-bond donors (Lipinski definition) is 1. The Hall–Kier alpha value is -3.67. The van der Waals surface area contributed by atoms with Crippen molar-refractivity contribution < 1.29 is 4.79 Å². The molecule has 0 fully saturated rings. The van der Waals surface area contributed by atoms with Crippen LogP contribution in [0.15, 0.2) is 73.1 Å². The number of fused-ring (bicyclic) bond motifs is 1. The third kappa shape index (κ3) is 3.52. The fourth-order valence-corrected chi connectivity index (χ4v) is 4.04. The molecule has 1 aliphatic carbocycles. The summed E-state index contributed by atoms with van der Waals surface area (Å²) < 4.78 is 3.76. The van der Waals surface area contributed by atoms with Crippen LogP contribution in [-0.2, 0) is 19.3 Å². The molecule has 2 aromatic heterocycles. The maximum absolute atomic E-state index is 12.9. The molecule has 1 N–H and O–H groups in total. The van der Waals surface area contributed by atoms with Crippen LogP contribution in [0.2, 0.25) is 0 Å². The predicted octanol–water partition coefficient (Wildman–Crippen LogP) is 3.52. The van der Waals surface area contributed by atoms with Gasteiger partial charge in [-0.2, -0.15) is 10.2 Å². The van der Waals surface area contributed by atoms with Crippen molar-refractivity contribution in [1.29, 1.82) is 0 Å². The molecule has 6 heteroatoms. The number of nitrogens with zero attached hydrogens (tertiary/aromatic N) is 4. The van der Waals surface area contributed by atoms with Gasteiger partial charge in [0, 0.05) is 30.2 Å². The summed E-state index contributed by atoms with van der Waals surface area (Å²) in [5.74, 6) is -0.0870. The molecule has 6 nitrogen and oxygen atoms in total. The van der Waals surface area contributed by atoms with Crippen molar-refractivity contribution in [3.05, 3.63) is 95.6 Å². The first kappa shape index (κ1) is 18.4. The van der Waals surface area contributed by atoms with Crippen molar-refractivity contribution in [2.45, 2.75) is 25.7 Å². The van der Waals surface area contributed by atoms with Gasteiger partial charge in [0.2, 0.25) is 0 Å². The minimum atomic E-state index is -0.0870. The number of amides is 1. The Kier molecular flexibility index (Phi) is 4.89. The number of hydrogen-bond acceptors (Lipinski definition) is 3. The van der Waals surface area contributed by atoms with Crippen LogP contribution in [0.3, 0.4) is 0 Å². The van der Waals surface area contributed by atoms with Crippen molar-refractivity contribution >= 4 is 5.91 Å². The van der Waals surface area contributed by atoms with E-state index in [9.17, 15) is 4.79 Å². The zero-order chi connectivity index (χ0) is 20.3. The largest absolute Gasteiger partial charge is 0.350 e. The van der Waals surface area contributed by atoms with E-state index in [1.165, 1.54) is 11.3 Å². The van der Waals surface area contributed by atoms with Gasteiger partial charge in [0.1, 0.15) is 0 Å². The van der Waals surface area contributed by atoms with Crippen LogP contribution in [-0.4, -0.2) is 32.0 Å². The highest BCUT2D eigenvalue weighted by molar-refractivity contribution is 5.94. The van der Waals surface area contributed by atoms with Gasteiger partial charge in [-0.1, -0.05) is 30.3 Å². The van der Waals surface area contributed by atoms with Gasteiger partial charge in [-0.25, -0.2) is 9.36 Å². The van der Waals surface area contributed by atoms with Gasteiger partial charge in [-0.15, -0.1) is 0 Å². The van der Waals surface area contributed by atoms with Crippen molar-refractivity contribution in [1.82, 2.24) is 24.9 Å². The third-order valence-corrected chi connectivity index (χ3v) is 5.55. The normalized spacial score (nSPS) is 12.7. The molecule has 2 heterocycles. The number of carbonyl (C=O) groups is 1. The molecule has 0 saturated heterocycles. The molecule has 2 aromatic carbocycles. The van der Waals surface area contributed by atoms with Crippen molar-refractivity contribution in [3.8, 4) is 11.4 Å². The lowest BCUT2D eigenvalue weighted by Gasteiger charge is -2.07. The first-order valence-electron chi connectivity index (χ1n) is 10.3. The highest BCUT2D eigenvalue weighted by atomic mass is 16.1. The van der Waals surface area contributed by atoms with Crippen LogP contribution >= 0.6 is 0 Å². The minimum absolute atomic E-state index is 0.0870. The molecule has 5 rings (SSSR count). The number of carbonyl (C=O) groups excluding carboxylic acids is 1.